The van der Waals surface area contributed by atoms with Crippen molar-refractivity contribution in [3.8, 4) is 11.5 Å². The Morgan fingerprint density at radius 1 is 1.25 bits per heavy atom. The van der Waals surface area contributed by atoms with E-state index in [-0.39, 0.29) is 0 Å². The third-order valence-electron chi connectivity index (χ3n) is 1.40. The Balaban J connectivity index is 2.45. The number of rotatable bonds is 1. The highest BCUT2D eigenvalue weighted by Gasteiger charge is 2.02. The number of aromatic nitrogens is 2. The first-order valence-corrected chi connectivity index (χ1v) is 4.17. The molecule has 60 valence electrons. The van der Waals surface area contributed by atoms with Crippen molar-refractivity contribution in [3.63, 3.8) is 0 Å². The molecule has 3 nitrogen and oxygen atoms in total. The van der Waals surface area contributed by atoms with Gasteiger partial charge in [0, 0.05) is 18.0 Å². The number of hydrogen-bond acceptors (Lipinski definition) is 3. The van der Waals surface area contributed by atoms with E-state index >= 15 is 0 Å². The highest BCUT2D eigenvalue weighted by Crippen LogP contribution is 2.19. The quantitative estimate of drug-likeness (QED) is 0.748. The van der Waals surface area contributed by atoms with E-state index in [9.17, 15) is 0 Å². The molecule has 2 aromatic heterocycles. The summed E-state index contributed by atoms with van der Waals surface area (Å²) < 4.78 is 5.87. The molecule has 2 rings (SSSR count). The fourth-order valence-electron chi connectivity index (χ4n) is 0.881. The molecule has 12 heavy (non-hydrogen) atoms. The van der Waals surface area contributed by atoms with Gasteiger partial charge >= 0.3 is 0 Å². The predicted octanol–water partition coefficient (Wildman–Crippen LogP) is 2.50. The molecule has 0 unspecified atom stereocenters. The van der Waals surface area contributed by atoms with E-state index in [0.717, 1.165) is 5.56 Å². The minimum absolute atomic E-state index is 0.601. The molecule has 0 aliphatic carbocycles. The predicted molar refractivity (Wildman–Crippen MR) is 47.4 cm³/mol. The summed E-state index contributed by atoms with van der Waals surface area (Å²) in [7, 11) is 0. The molecule has 0 amide bonds. The lowest BCUT2D eigenvalue weighted by atomic mass is 10.3. The van der Waals surface area contributed by atoms with E-state index in [4.69, 9.17) is 4.42 Å². The number of pyridine rings is 1. The summed E-state index contributed by atoms with van der Waals surface area (Å²) in [5, 5.41) is 0. The van der Waals surface area contributed by atoms with Crippen LogP contribution in [0.1, 0.15) is 0 Å². The van der Waals surface area contributed by atoms with Crippen LogP contribution in [0.25, 0.3) is 11.5 Å². The largest absolute Gasteiger partial charge is 0.443 e. The Morgan fingerprint density at radius 2 is 2.00 bits per heavy atom. The van der Waals surface area contributed by atoms with Gasteiger partial charge in [-0.05, 0) is 28.1 Å². The Kier molecular flexibility index (Phi) is 1.91. The maximum absolute atomic E-state index is 5.16. The van der Waals surface area contributed by atoms with E-state index in [0.29, 0.717) is 10.5 Å². The first-order chi connectivity index (χ1) is 5.86. The summed E-state index contributed by atoms with van der Waals surface area (Å²) in [5.74, 6) is 0.601. The lowest BCUT2D eigenvalue weighted by Gasteiger charge is -1.90. The molecule has 0 atom stereocenters. The van der Waals surface area contributed by atoms with Gasteiger partial charge in [-0.1, -0.05) is 0 Å². The van der Waals surface area contributed by atoms with Crippen LogP contribution in [0.2, 0.25) is 0 Å². The molecule has 0 aromatic carbocycles. The third kappa shape index (κ3) is 1.38. The Labute approximate surface area is 77.6 Å². The number of nitrogens with zero attached hydrogens (tertiary/aromatic N) is 2. The summed E-state index contributed by atoms with van der Waals surface area (Å²) in [4.78, 5) is 8.00. The maximum atomic E-state index is 5.16. The zero-order valence-electron chi connectivity index (χ0n) is 6.07. The molecule has 0 N–H and O–H groups in total. The molecular weight excluding hydrogens is 220 g/mol. The van der Waals surface area contributed by atoms with Crippen molar-refractivity contribution in [3.05, 3.63) is 35.4 Å². The normalized spacial score (nSPS) is 10.1. The second kappa shape index (κ2) is 3.06. The molecule has 0 radical (unpaired) electrons. The van der Waals surface area contributed by atoms with E-state index in [1.54, 1.807) is 18.7 Å². The molecule has 0 bridgehead atoms. The number of oxazole rings is 1. The van der Waals surface area contributed by atoms with Gasteiger partial charge in [-0.15, -0.1) is 0 Å². The average Bonchev–Trinajstić information content (AvgIpc) is 2.54. The molecule has 0 aliphatic heterocycles. The van der Waals surface area contributed by atoms with E-state index in [1.807, 2.05) is 12.1 Å². The molecule has 0 spiro atoms. The average molecular weight is 225 g/mol. The van der Waals surface area contributed by atoms with Gasteiger partial charge in [0.25, 0.3) is 0 Å². The summed E-state index contributed by atoms with van der Waals surface area (Å²) >= 11 is 3.21. The zero-order valence-corrected chi connectivity index (χ0v) is 7.65. The summed E-state index contributed by atoms with van der Waals surface area (Å²) in [5.41, 5.74) is 0.927. The topological polar surface area (TPSA) is 38.9 Å². The smallest absolute Gasteiger partial charge is 0.227 e. The Hall–Kier alpha value is -1.16. The van der Waals surface area contributed by atoms with E-state index in [2.05, 4.69) is 25.9 Å². The molecule has 2 heterocycles. The van der Waals surface area contributed by atoms with Crippen molar-refractivity contribution in [1.82, 2.24) is 9.97 Å². The van der Waals surface area contributed by atoms with Gasteiger partial charge in [-0.3, -0.25) is 4.98 Å². The van der Waals surface area contributed by atoms with Crippen LogP contribution in [-0.2, 0) is 0 Å². The maximum Gasteiger partial charge on any atom is 0.227 e. The van der Waals surface area contributed by atoms with Crippen molar-refractivity contribution >= 4 is 15.9 Å². The Morgan fingerprint density at radius 3 is 2.58 bits per heavy atom. The fraction of sp³-hybridized carbons (Fsp3) is 0. The second-order valence-corrected chi connectivity index (χ2v) is 3.02. The first kappa shape index (κ1) is 7.49. The number of hydrogen-bond donors (Lipinski definition) is 0. The highest BCUT2D eigenvalue weighted by atomic mass is 79.9. The van der Waals surface area contributed by atoms with Crippen molar-refractivity contribution in [2.24, 2.45) is 0 Å². The lowest BCUT2D eigenvalue weighted by Crippen LogP contribution is -1.76. The third-order valence-corrected chi connectivity index (χ3v) is 1.77. The van der Waals surface area contributed by atoms with Crippen LogP contribution in [-0.4, -0.2) is 9.97 Å². The van der Waals surface area contributed by atoms with Crippen molar-refractivity contribution < 1.29 is 4.42 Å². The molecule has 0 fully saturated rings. The summed E-state index contributed by atoms with van der Waals surface area (Å²) in [6.45, 7) is 0. The molecule has 0 aliphatic rings. The Bertz CT molecular complexity index is 372. The van der Waals surface area contributed by atoms with Gasteiger partial charge in [0.05, 0.1) is 0 Å². The van der Waals surface area contributed by atoms with Gasteiger partial charge in [-0.2, -0.15) is 0 Å². The molecule has 4 heteroatoms. The first-order valence-electron chi connectivity index (χ1n) is 3.38. The van der Waals surface area contributed by atoms with Gasteiger partial charge in [0.1, 0.15) is 10.9 Å². The van der Waals surface area contributed by atoms with Crippen LogP contribution in [0, 0.1) is 0 Å². The van der Waals surface area contributed by atoms with Gasteiger partial charge in [0.15, 0.2) is 0 Å². The zero-order chi connectivity index (χ0) is 8.39. The second-order valence-electron chi connectivity index (χ2n) is 2.21. The molecular formula is C8H5BrN2O. The highest BCUT2D eigenvalue weighted by molar-refractivity contribution is 9.10. The van der Waals surface area contributed by atoms with E-state index in [1.165, 1.54) is 0 Å². The van der Waals surface area contributed by atoms with Crippen LogP contribution in [0.15, 0.2) is 39.8 Å². The minimum Gasteiger partial charge on any atom is -0.443 e. The van der Waals surface area contributed by atoms with Crippen LogP contribution >= 0.6 is 15.9 Å². The standard InChI is InChI=1S/C8H5BrN2O/c9-7-5-12-8(11-7)6-1-3-10-4-2-6/h1-5H. The fourth-order valence-corrected chi connectivity index (χ4v) is 1.14. The monoisotopic (exact) mass is 224 g/mol. The van der Waals surface area contributed by atoms with E-state index < -0.39 is 0 Å². The minimum atomic E-state index is 0.601. The van der Waals surface area contributed by atoms with Crippen molar-refractivity contribution in [2.75, 3.05) is 0 Å². The molecule has 0 saturated carbocycles. The van der Waals surface area contributed by atoms with Crippen LogP contribution in [0.3, 0.4) is 0 Å². The summed E-state index contributed by atoms with van der Waals surface area (Å²) in [6.07, 6.45) is 4.95. The van der Waals surface area contributed by atoms with Crippen molar-refractivity contribution in [2.45, 2.75) is 0 Å². The SMILES string of the molecule is Brc1coc(-c2ccncc2)n1. The lowest BCUT2D eigenvalue weighted by molar-refractivity contribution is 0.573. The van der Waals surface area contributed by atoms with Gasteiger partial charge < -0.3 is 4.42 Å². The van der Waals surface area contributed by atoms with Crippen LogP contribution < -0.4 is 0 Å². The van der Waals surface area contributed by atoms with Crippen LogP contribution in [0.4, 0.5) is 0 Å². The number of halogens is 1. The van der Waals surface area contributed by atoms with Gasteiger partial charge in [0.2, 0.25) is 5.89 Å². The molecule has 2 aromatic rings. The van der Waals surface area contributed by atoms with Crippen LogP contribution in [0.5, 0.6) is 0 Å². The van der Waals surface area contributed by atoms with Crippen molar-refractivity contribution in [1.29, 1.82) is 0 Å². The van der Waals surface area contributed by atoms with Gasteiger partial charge in [-0.25, -0.2) is 4.98 Å². The molecule has 0 saturated heterocycles. The summed E-state index contributed by atoms with van der Waals surface area (Å²) in [6, 6.07) is 3.69.